The molecule has 192 valence electrons. The van der Waals surface area contributed by atoms with Crippen LogP contribution in [0.25, 0.3) is 0 Å². The molecular formula is C28H28N2O5S2. The van der Waals surface area contributed by atoms with Crippen LogP contribution in [-0.4, -0.2) is 36.0 Å². The SMILES string of the molecule is CCOC(=O)c1scc(N)c1O.CCOC(=O)c1scc(N=C(c2ccccc2)c2ccccc2)c1C. The molecular weight excluding hydrogens is 508 g/mol. The van der Waals surface area contributed by atoms with Gasteiger partial charge in [0.2, 0.25) is 0 Å². The molecule has 2 aromatic heterocycles. The van der Waals surface area contributed by atoms with Gasteiger partial charge in [0.15, 0.2) is 10.6 Å². The first-order valence-corrected chi connectivity index (χ1v) is 13.3. The lowest BCUT2D eigenvalue weighted by Gasteiger charge is -2.07. The minimum absolute atomic E-state index is 0.161. The fourth-order valence-electron chi connectivity index (χ4n) is 3.23. The fourth-order valence-corrected chi connectivity index (χ4v) is 4.87. The number of nitrogens with two attached hydrogens (primary N) is 1. The van der Waals surface area contributed by atoms with Crippen molar-refractivity contribution in [1.29, 1.82) is 0 Å². The van der Waals surface area contributed by atoms with E-state index in [0.29, 0.717) is 11.5 Å². The summed E-state index contributed by atoms with van der Waals surface area (Å²) in [7, 11) is 0. The second-order valence-electron chi connectivity index (χ2n) is 7.58. The van der Waals surface area contributed by atoms with E-state index in [-0.39, 0.29) is 28.9 Å². The van der Waals surface area contributed by atoms with Crippen LogP contribution in [0.2, 0.25) is 0 Å². The van der Waals surface area contributed by atoms with Gasteiger partial charge >= 0.3 is 11.9 Å². The Bertz CT molecular complexity index is 1320. The van der Waals surface area contributed by atoms with E-state index in [1.54, 1.807) is 6.92 Å². The average molecular weight is 537 g/mol. The summed E-state index contributed by atoms with van der Waals surface area (Å²) in [4.78, 5) is 28.8. The lowest BCUT2D eigenvalue weighted by Crippen LogP contribution is -2.04. The molecule has 0 unspecified atom stereocenters. The molecule has 4 rings (SSSR count). The predicted octanol–water partition coefficient (Wildman–Crippen LogP) is 6.61. The van der Waals surface area contributed by atoms with Crippen LogP contribution in [0.4, 0.5) is 11.4 Å². The van der Waals surface area contributed by atoms with Crippen LogP contribution in [0.1, 0.15) is 49.9 Å². The standard InChI is InChI=1S/C21H19NO2S.C7H9NO3S/c1-3-24-21(23)20-15(2)18(14-25-20)22-19(16-10-6-4-7-11-16)17-12-8-5-9-13-17;1-2-11-7(10)6-5(9)4(8)3-12-6/h4-14H,3H2,1-2H3;3,9H,2,8H2,1H3. The van der Waals surface area contributed by atoms with E-state index < -0.39 is 5.97 Å². The van der Waals surface area contributed by atoms with Gasteiger partial charge in [-0.15, -0.1) is 22.7 Å². The van der Waals surface area contributed by atoms with Crippen LogP contribution >= 0.6 is 22.7 Å². The molecule has 0 aliphatic rings. The van der Waals surface area contributed by atoms with Crippen molar-refractivity contribution in [3.05, 3.63) is 97.9 Å². The highest BCUT2D eigenvalue weighted by molar-refractivity contribution is 7.13. The van der Waals surface area contributed by atoms with Gasteiger partial charge in [0.05, 0.1) is 30.3 Å². The highest BCUT2D eigenvalue weighted by atomic mass is 32.1. The second-order valence-corrected chi connectivity index (χ2v) is 9.34. The van der Waals surface area contributed by atoms with E-state index in [4.69, 9.17) is 15.5 Å². The zero-order valence-corrected chi connectivity index (χ0v) is 22.4. The Morgan fingerprint density at radius 3 is 1.78 bits per heavy atom. The fraction of sp³-hybridized carbons (Fsp3) is 0.179. The molecule has 2 heterocycles. The lowest BCUT2D eigenvalue weighted by atomic mass is 10.0. The van der Waals surface area contributed by atoms with E-state index >= 15 is 0 Å². The summed E-state index contributed by atoms with van der Waals surface area (Å²) >= 11 is 2.45. The molecule has 2 aromatic carbocycles. The normalized spacial score (nSPS) is 10.1. The number of aromatic hydroxyl groups is 1. The summed E-state index contributed by atoms with van der Waals surface area (Å²) in [5, 5.41) is 12.6. The minimum Gasteiger partial charge on any atom is -0.504 e. The number of benzene rings is 2. The molecule has 7 nitrogen and oxygen atoms in total. The number of aliphatic imine (C=N–C) groups is 1. The van der Waals surface area contributed by atoms with Crippen molar-refractivity contribution in [1.82, 2.24) is 0 Å². The zero-order chi connectivity index (χ0) is 26.8. The number of hydrogen-bond acceptors (Lipinski definition) is 9. The number of carbonyl (C=O) groups excluding carboxylic acids is 2. The molecule has 3 N–H and O–H groups in total. The van der Waals surface area contributed by atoms with Crippen molar-refractivity contribution in [2.45, 2.75) is 20.8 Å². The average Bonchev–Trinajstić information content (AvgIpc) is 3.45. The molecule has 0 aliphatic carbocycles. The molecule has 0 spiro atoms. The minimum atomic E-state index is -0.531. The number of nitrogen functional groups attached to an aromatic ring is 1. The van der Waals surface area contributed by atoms with Crippen molar-refractivity contribution >= 4 is 51.7 Å². The summed E-state index contributed by atoms with van der Waals surface area (Å²) in [5.41, 5.74) is 10.2. The Labute approximate surface area is 223 Å². The molecule has 0 aliphatic heterocycles. The van der Waals surface area contributed by atoms with Gasteiger partial charge in [0.1, 0.15) is 4.88 Å². The van der Waals surface area contributed by atoms with Gasteiger partial charge in [0, 0.05) is 27.5 Å². The Morgan fingerprint density at radius 2 is 1.32 bits per heavy atom. The van der Waals surface area contributed by atoms with Gasteiger partial charge in [-0.25, -0.2) is 14.6 Å². The molecule has 0 saturated heterocycles. The number of nitrogens with zero attached hydrogens (tertiary/aromatic N) is 1. The van der Waals surface area contributed by atoms with E-state index in [0.717, 1.165) is 39.4 Å². The van der Waals surface area contributed by atoms with Gasteiger partial charge in [-0.2, -0.15) is 0 Å². The van der Waals surface area contributed by atoms with Gasteiger partial charge in [0.25, 0.3) is 0 Å². The molecule has 9 heteroatoms. The molecule has 0 fully saturated rings. The molecule has 0 amide bonds. The summed E-state index contributed by atoms with van der Waals surface area (Å²) < 4.78 is 9.80. The van der Waals surface area contributed by atoms with Gasteiger partial charge in [-0.1, -0.05) is 60.7 Å². The highest BCUT2D eigenvalue weighted by Gasteiger charge is 2.17. The Balaban J connectivity index is 0.000000266. The number of esters is 2. The Kier molecular flexibility index (Phi) is 10.00. The summed E-state index contributed by atoms with van der Waals surface area (Å²) in [6.07, 6.45) is 0. The molecule has 0 atom stereocenters. The number of rotatable bonds is 7. The van der Waals surface area contributed by atoms with Crippen molar-refractivity contribution < 1.29 is 24.2 Å². The first kappa shape index (κ1) is 27.6. The first-order chi connectivity index (χ1) is 17.9. The van der Waals surface area contributed by atoms with Crippen molar-refractivity contribution in [3.8, 4) is 5.75 Å². The summed E-state index contributed by atoms with van der Waals surface area (Å²) in [5.74, 6) is -0.998. The summed E-state index contributed by atoms with van der Waals surface area (Å²) in [6.45, 7) is 6.08. The van der Waals surface area contributed by atoms with Gasteiger partial charge < -0.3 is 20.3 Å². The largest absolute Gasteiger partial charge is 0.504 e. The van der Waals surface area contributed by atoms with E-state index in [1.165, 1.54) is 16.7 Å². The number of carbonyl (C=O) groups is 2. The van der Waals surface area contributed by atoms with Crippen molar-refractivity contribution in [2.75, 3.05) is 18.9 Å². The third-order valence-corrected chi connectivity index (χ3v) is 7.07. The maximum Gasteiger partial charge on any atom is 0.352 e. The molecule has 4 aromatic rings. The van der Waals surface area contributed by atoms with Crippen LogP contribution < -0.4 is 5.73 Å². The first-order valence-electron chi connectivity index (χ1n) is 11.5. The smallest absolute Gasteiger partial charge is 0.352 e. The number of thiophene rings is 2. The predicted molar refractivity (Wildman–Crippen MR) is 150 cm³/mol. The molecule has 0 bridgehead atoms. The van der Waals surface area contributed by atoms with Crippen LogP contribution in [0.5, 0.6) is 5.75 Å². The third kappa shape index (κ3) is 7.05. The van der Waals surface area contributed by atoms with Crippen molar-refractivity contribution in [2.24, 2.45) is 4.99 Å². The Morgan fingerprint density at radius 1 is 0.838 bits per heavy atom. The lowest BCUT2D eigenvalue weighted by molar-refractivity contribution is 0.0520. The molecule has 0 radical (unpaired) electrons. The molecule has 0 saturated carbocycles. The van der Waals surface area contributed by atoms with Gasteiger partial charge in [-0.05, 0) is 20.8 Å². The van der Waals surface area contributed by atoms with Crippen LogP contribution in [0, 0.1) is 6.92 Å². The van der Waals surface area contributed by atoms with Crippen LogP contribution in [-0.2, 0) is 9.47 Å². The summed E-state index contributed by atoms with van der Waals surface area (Å²) in [6, 6.07) is 20.1. The maximum absolute atomic E-state index is 12.0. The number of ether oxygens (including phenoxy) is 2. The topological polar surface area (TPSA) is 111 Å². The third-order valence-electron chi connectivity index (χ3n) is 5.05. The monoisotopic (exact) mass is 536 g/mol. The maximum atomic E-state index is 12.0. The number of anilines is 1. The van der Waals surface area contributed by atoms with Crippen LogP contribution in [0.3, 0.4) is 0 Å². The zero-order valence-electron chi connectivity index (χ0n) is 20.8. The van der Waals surface area contributed by atoms with E-state index in [9.17, 15) is 14.7 Å². The molecule has 37 heavy (non-hydrogen) atoms. The quantitative estimate of drug-likeness (QED) is 0.203. The second kappa shape index (κ2) is 13.4. The number of hydrogen-bond donors (Lipinski definition) is 2. The highest BCUT2D eigenvalue weighted by Crippen LogP contribution is 2.32. The Hall–Kier alpha value is -3.95. The van der Waals surface area contributed by atoms with E-state index in [2.05, 4.69) is 4.74 Å². The van der Waals surface area contributed by atoms with Crippen LogP contribution in [0.15, 0.2) is 76.4 Å². The van der Waals surface area contributed by atoms with Crippen molar-refractivity contribution in [3.63, 3.8) is 0 Å². The van der Waals surface area contributed by atoms with Gasteiger partial charge in [-0.3, -0.25) is 0 Å². The van der Waals surface area contributed by atoms with E-state index in [1.807, 2.05) is 79.9 Å².